The van der Waals surface area contributed by atoms with Gasteiger partial charge in [0, 0.05) is 23.3 Å². The molecule has 1 fully saturated rings. The fraction of sp³-hybridized carbons (Fsp3) is 0.643. The van der Waals surface area contributed by atoms with E-state index in [0.29, 0.717) is 0 Å². The first-order chi connectivity index (χ1) is 8.65. The molecule has 1 saturated carbocycles. The Hall–Kier alpha value is -0.220. The van der Waals surface area contributed by atoms with Crippen LogP contribution in [0.1, 0.15) is 38.5 Å². The maximum atomic E-state index is 11.9. The van der Waals surface area contributed by atoms with Crippen molar-refractivity contribution >= 4 is 28.6 Å². The molecule has 100 valence electrons. The van der Waals surface area contributed by atoms with Crippen LogP contribution >= 0.6 is 28.6 Å². The number of halogens is 1. The molecular formula is C14H20BrNOS. The summed E-state index contributed by atoms with van der Waals surface area (Å²) in [4.78, 5) is 11.9. The molecule has 4 heteroatoms. The number of hydrogen-bond acceptors (Lipinski definition) is 2. The molecule has 1 aliphatic carbocycles. The van der Waals surface area contributed by atoms with E-state index in [1.165, 1.54) is 38.5 Å². The Bertz CT molecular complexity index is 449. The number of rotatable bonds is 3. The average molecular weight is 330 g/mol. The van der Waals surface area contributed by atoms with Crippen molar-refractivity contribution in [3.63, 3.8) is 0 Å². The van der Waals surface area contributed by atoms with Gasteiger partial charge in [-0.05, 0) is 46.0 Å². The maximum absolute atomic E-state index is 11.9. The minimum atomic E-state index is 0.0867. The van der Waals surface area contributed by atoms with Crippen molar-refractivity contribution in [1.29, 1.82) is 0 Å². The fourth-order valence-corrected chi connectivity index (χ4v) is 3.63. The zero-order valence-corrected chi connectivity index (χ0v) is 13.0. The summed E-state index contributed by atoms with van der Waals surface area (Å²) in [6, 6.07) is 3.44. The molecule has 1 aromatic heterocycles. The highest BCUT2D eigenvalue weighted by Crippen LogP contribution is 2.37. The molecule has 1 aromatic rings. The van der Waals surface area contributed by atoms with Crippen LogP contribution in [0.5, 0.6) is 0 Å². The highest BCUT2D eigenvalue weighted by molar-refractivity contribution is 9.10. The third-order valence-electron chi connectivity index (χ3n) is 3.95. The molecule has 0 bridgehead atoms. The van der Waals surface area contributed by atoms with Gasteiger partial charge >= 0.3 is 0 Å². The van der Waals surface area contributed by atoms with Crippen LogP contribution in [-0.4, -0.2) is 10.3 Å². The van der Waals surface area contributed by atoms with E-state index in [-0.39, 0.29) is 11.0 Å². The predicted octanol–water partition coefficient (Wildman–Crippen LogP) is 3.88. The molecular weight excluding hydrogens is 310 g/mol. The van der Waals surface area contributed by atoms with Gasteiger partial charge in [-0.3, -0.25) is 4.79 Å². The summed E-state index contributed by atoms with van der Waals surface area (Å²) in [7, 11) is 0. The van der Waals surface area contributed by atoms with Gasteiger partial charge in [-0.15, -0.1) is 0 Å². The molecule has 1 heterocycles. The predicted molar refractivity (Wildman–Crippen MR) is 82.4 cm³/mol. The molecule has 2 rings (SSSR count). The van der Waals surface area contributed by atoms with Crippen LogP contribution in [0.2, 0.25) is 0 Å². The second-order valence-electron chi connectivity index (χ2n) is 5.39. The highest BCUT2D eigenvalue weighted by Gasteiger charge is 2.30. The minimum absolute atomic E-state index is 0.0867. The average Bonchev–Trinajstić information content (AvgIpc) is 2.60. The monoisotopic (exact) mass is 329 g/mol. The van der Waals surface area contributed by atoms with Crippen LogP contribution in [0.4, 0.5) is 0 Å². The zero-order valence-electron chi connectivity index (χ0n) is 10.6. The molecule has 0 aromatic carbocycles. The van der Waals surface area contributed by atoms with Crippen molar-refractivity contribution in [3.05, 3.63) is 33.2 Å². The maximum Gasteiger partial charge on any atom is 0.250 e. The second-order valence-corrected chi connectivity index (χ2v) is 6.62. The lowest BCUT2D eigenvalue weighted by Gasteiger charge is -2.31. The summed E-state index contributed by atoms with van der Waals surface area (Å²) in [6.45, 7) is 0.800. The van der Waals surface area contributed by atoms with Gasteiger partial charge < -0.3 is 4.57 Å². The number of hydrogen-bond donors (Lipinski definition) is 1. The SMILES string of the molecule is O=c1ccc(Br)cn1CC1(CS)CCCCCC1. The Labute approximate surface area is 122 Å². The second kappa shape index (κ2) is 6.29. The van der Waals surface area contributed by atoms with Crippen molar-refractivity contribution in [3.8, 4) is 0 Å². The first kappa shape index (κ1) is 14.2. The van der Waals surface area contributed by atoms with E-state index in [4.69, 9.17) is 0 Å². The van der Waals surface area contributed by atoms with Crippen molar-refractivity contribution in [2.24, 2.45) is 5.41 Å². The van der Waals surface area contributed by atoms with Crippen molar-refractivity contribution in [2.45, 2.75) is 45.1 Å². The fourth-order valence-electron chi connectivity index (χ4n) is 2.83. The molecule has 0 saturated heterocycles. The van der Waals surface area contributed by atoms with Crippen molar-refractivity contribution < 1.29 is 0 Å². The molecule has 1 aliphatic rings. The van der Waals surface area contributed by atoms with E-state index >= 15 is 0 Å². The lowest BCUT2D eigenvalue weighted by molar-refractivity contribution is 0.238. The van der Waals surface area contributed by atoms with Gasteiger partial charge in [0.25, 0.3) is 5.56 Å². The topological polar surface area (TPSA) is 22.0 Å². The van der Waals surface area contributed by atoms with Gasteiger partial charge in [0.05, 0.1) is 0 Å². The summed E-state index contributed by atoms with van der Waals surface area (Å²) in [5.74, 6) is 0.867. The minimum Gasteiger partial charge on any atom is -0.314 e. The van der Waals surface area contributed by atoms with Gasteiger partial charge in [0.1, 0.15) is 0 Å². The molecule has 0 atom stereocenters. The quantitative estimate of drug-likeness (QED) is 0.659. The first-order valence-electron chi connectivity index (χ1n) is 6.62. The van der Waals surface area contributed by atoms with E-state index in [1.54, 1.807) is 12.1 Å². The van der Waals surface area contributed by atoms with Crippen LogP contribution in [0.15, 0.2) is 27.6 Å². The normalized spacial score (nSPS) is 19.4. The van der Waals surface area contributed by atoms with Crippen LogP contribution in [0, 0.1) is 5.41 Å². The van der Waals surface area contributed by atoms with E-state index in [2.05, 4.69) is 28.6 Å². The van der Waals surface area contributed by atoms with Crippen molar-refractivity contribution in [2.75, 3.05) is 5.75 Å². The third kappa shape index (κ3) is 3.41. The molecule has 0 aliphatic heterocycles. The standard InChI is InChI=1S/C14H20BrNOS/c15-12-5-6-13(17)16(9-12)10-14(11-18)7-3-1-2-4-8-14/h5-6,9,18H,1-4,7-8,10-11H2. The summed E-state index contributed by atoms with van der Waals surface area (Å²) < 4.78 is 2.80. The van der Waals surface area contributed by atoms with Crippen LogP contribution in [-0.2, 0) is 6.54 Å². The molecule has 0 radical (unpaired) electrons. The lowest BCUT2D eigenvalue weighted by atomic mass is 9.82. The summed E-state index contributed by atoms with van der Waals surface area (Å²) in [5, 5.41) is 0. The van der Waals surface area contributed by atoms with Gasteiger partial charge in [0.2, 0.25) is 0 Å². The first-order valence-corrected chi connectivity index (χ1v) is 8.05. The zero-order chi connectivity index (χ0) is 13.0. The van der Waals surface area contributed by atoms with E-state index in [0.717, 1.165) is 16.8 Å². The van der Waals surface area contributed by atoms with Crippen LogP contribution < -0.4 is 5.56 Å². The largest absolute Gasteiger partial charge is 0.314 e. The number of aromatic nitrogens is 1. The third-order valence-corrected chi connectivity index (χ3v) is 5.09. The van der Waals surface area contributed by atoms with E-state index in [1.807, 2.05) is 10.8 Å². The summed E-state index contributed by atoms with van der Waals surface area (Å²) in [5.41, 5.74) is 0.285. The smallest absolute Gasteiger partial charge is 0.250 e. The Morgan fingerprint density at radius 1 is 1.22 bits per heavy atom. The molecule has 2 nitrogen and oxygen atoms in total. The summed E-state index contributed by atoms with van der Waals surface area (Å²) in [6.07, 6.45) is 9.46. The molecule has 18 heavy (non-hydrogen) atoms. The van der Waals surface area contributed by atoms with Gasteiger partial charge in [0.15, 0.2) is 0 Å². The molecule has 0 spiro atoms. The highest BCUT2D eigenvalue weighted by atomic mass is 79.9. The number of thiol groups is 1. The number of nitrogens with zero attached hydrogens (tertiary/aromatic N) is 1. The Balaban J connectivity index is 2.23. The molecule has 0 amide bonds. The summed E-state index contributed by atoms with van der Waals surface area (Å²) >= 11 is 8.00. The Morgan fingerprint density at radius 2 is 1.89 bits per heavy atom. The van der Waals surface area contributed by atoms with E-state index < -0.39 is 0 Å². The molecule has 0 N–H and O–H groups in total. The Morgan fingerprint density at radius 3 is 2.50 bits per heavy atom. The Kier molecular flexibility index (Phi) is 4.96. The van der Waals surface area contributed by atoms with Gasteiger partial charge in [-0.1, -0.05) is 25.7 Å². The van der Waals surface area contributed by atoms with Gasteiger partial charge in [-0.2, -0.15) is 12.6 Å². The van der Waals surface area contributed by atoms with E-state index in [9.17, 15) is 4.79 Å². The van der Waals surface area contributed by atoms with Crippen molar-refractivity contribution in [1.82, 2.24) is 4.57 Å². The number of pyridine rings is 1. The van der Waals surface area contributed by atoms with Crippen LogP contribution in [0.25, 0.3) is 0 Å². The lowest BCUT2D eigenvalue weighted by Crippen LogP contribution is -2.33. The molecule has 0 unspecified atom stereocenters. The van der Waals surface area contributed by atoms with Crippen LogP contribution in [0.3, 0.4) is 0 Å². The van der Waals surface area contributed by atoms with Gasteiger partial charge in [-0.25, -0.2) is 0 Å².